The maximum absolute atomic E-state index is 5.29. The molecule has 2 rings (SSSR count). The summed E-state index contributed by atoms with van der Waals surface area (Å²) >= 11 is 0. The first-order valence-corrected chi connectivity index (χ1v) is 8.20. The third-order valence-corrected chi connectivity index (χ3v) is 4.75. The maximum atomic E-state index is 5.29. The normalized spacial score (nSPS) is 22.0. The van der Waals surface area contributed by atoms with Crippen LogP contribution in [0.2, 0.25) is 0 Å². The minimum absolute atomic E-state index is 0. The van der Waals surface area contributed by atoms with Crippen molar-refractivity contribution in [2.45, 2.75) is 39.5 Å². The molecule has 1 saturated heterocycles. The first-order valence-electron chi connectivity index (χ1n) is 8.20. The van der Waals surface area contributed by atoms with Crippen LogP contribution in [0.3, 0.4) is 0 Å². The average molecular weight is 425 g/mol. The monoisotopic (exact) mass is 425 g/mol. The number of hydrogen-bond acceptors (Lipinski definition) is 3. The summed E-state index contributed by atoms with van der Waals surface area (Å²) in [4.78, 5) is 4.73. The van der Waals surface area contributed by atoms with Gasteiger partial charge in [-0.2, -0.15) is 0 Å². The summed E-state index contributed by atoms with van der Waals surface area (Å²) in [7, 11) is 1.78. The largest absolute Gasteiger partial charge is 0.385 e. The molecule has 0 amide bonds. The van der Waals surface area contributed by atoms with E-state index in [1.54, 1.807) is 7.11 Å². The lowest BCUT2D eigenvalue weighted by atomic mass is 9.67. The second-order valence-electron chi connectivity index (χ2n) is 6.95. The number of halogens is 1. The Kier molecular flexibility index (Phi) is 8.42. The number of guanidine groups is 1. The highest BCUT2D eigenvalue weighted by Crippen LogP contribution is 2.43. The van der Waals surface area contributed by atoms with Crippen molar-refractivity contribution in [2.24, 2.45) is 15.8 Å². The van der Waals surface area contributed by atoms with Gasteiger partial charge in [-0.3, -0.25) is 4.99 Å². The van der Waals surface area contributed by atoms with E-state index in [4.69, 9.17) is 14.5 Å². The van der Waals surface area contributed by atoms with E-state index < -0.39 is 0 Å². The van der Waals surface area contributed by atoms with Gasteiger partial charge in [-0.25, -0.2) is 0 Å². The number of nitrogens with one attached hydrogen (secondary N) is 2. The molecule has 0 spiro atoms. The molecule has 130 valence electrons. The Morgan fingerprint density at radius 3 is 2.45 bits per heavy atom. The highest BCUT2D eigenvalue weighted by Gasteiger charge is 2.37. The number of methoxy groups -OCH3 is 1. The fourth-order valence-electron chi connectivity index (χ4n) is 2.94. The number of aliphatic imine (C=N–C) groups is 1. The minimum atomic E-state index is 0. The van der Waals surface area contributed by atoms with Gasteiger partial charge < -0.3 is 20.1 Å². The molecule has 1 heterocycles. The maximum Gasteiger partial charge on any atom is 0.191 e. The molecule has 0 atom stereocenters. The van der Waals surface area contributed by atoms with E-state index in [0.29, 0.717) is 5.41 Å². The quantitative estimate of drug-likeness (QED) is 0.356. The van der Waals surface area contributed by atoms with Gasteiger partial charge in [0.2, 0.25) is 0 Å². The Morgan fingerprint density at radius 1 is 1.27 bits per heavy atom. The average Bonchev–Trinajstić information content (AvgIpc) is 2.41. The zero-order valence-electron chi connectivity index (χ0n) is 14.2. The Bertz CT molecular complexity index is 355. The molecular weight excluding hydrogens is 393 g/mol. The summed E-state index contributed by atoms with van der Waals surface area (Å²) in [6, 6.07) is 0. The van der Waals surface area contributed by atoms with Gasteiger partial charge in [0.05, 0.1) is 19.8 Å². The van der Waals surface area contributed by atoms with Crippen molar-refractivity contribution in [3.63, 3.8) is 0 Å². The molecule has 1 saturated carbocycles. The van der Waals surface area contributed by atoms with E-state index in [0.717, 1.165) is 51.8 Å². The molecule has 0 radical (unpaired) electrons. The second-order valence-corrected chi connectivity index (χ2v) is 6.95. The first kappa shape index (κ1) is 20.0. The Balaban J connectivity index is 0.00000242. The van der Waals surface area contributed by atoms with Crippen LogP contribution in [-0.4, -0.2) is 52.5 Å². The van der Waals surface area contributed by atoms with Crippen molar-refractivity contribution < 1.29 is 9.47 Å². The smallest absolute Gasteiger partial charge is 0.191 e. The molecule has 1 aliphatic heterocycles. The van der Waals surface area contributed by atoms with Crippen LogP contribution >= 0.6 is 24.0 Å². The molecule has 6 heteroatoms. The molecule has 5 nitrogen and oxygen atoms in total. The Labute approximate surface area is 152 Å². The van der Waals surface area contributed by atoms with E-state index in [-0.39, 0.29) is 29.4 Å². The predicted octanol–water partition coefficient (Wildman–Crippen LogP) is 2.40. The van der Waals surface area contributed by atoms with Gasteiger partial charge in [0.1, 0.15) is 0 Å². The Hall–Kier alpha value is -0.0800. The van der Waals surface area contributed by atoms with Crippen LogP contribution in [0.25, 0.3) is 0 Å². The van der Waals surface area contributed by atoms with Crippen molar-refractivity contribution in [1.82, 2.24) is 10.6 Å². The topological polar surface area (TPSA) is 54.9 Å². The predicted molar refractivity (Wildman–Crippen MR) is 101 cm³/mol. The van der Waals surface area contributed by atoms with Gasteiger partial charge in [0, 0.05) is 32.2 Å². The van der Waals surface area contributed by atoms with E-state index in [9.17, 15) is 0 Å². The lowest BCUT2D eigenvalue weighted by Gasteiger charge is -2.42. The van der Waals surface area contributed by atoms with Crippen molar-refractivity contribution in [3.05, 3.63) is 0 Å². The van der Waals surface area contributed by atoms with Gasteiger partial charge >= 0.3 is 0 Å². The standard InChI is InChI=1S/C16H31N3O2.HI/c1-4-17-14(18-10-15(2)12-21-13-15)19-11-16(6-5-7-16)8-9-20-3;/h4-13H2,1-3H3,(H2,17,18,19);1H. The van der Waals surface area contributed by atoms with Crippen LogP contribution in [0, 0.1) is 10.8 Å². The summed E-state index contributed by atoms with van der Waals surface area (Å²) in [5.41, 5.74) is 0.641. The second kappa shape index (κ2) is 9.27. The van der Waals surface area contributed by atoms with Gasteiger partial charge in [-0.05, 0) is 31.6 Å². The fourth-order valence-corrected chi connectivity index (χ4v) is 2.94. The molecule has 0 bridgehead atoms. The first-order chi connectivity index (χ1) is 10.1. The summed E-state index contributed by atoms with van der Waals surface area (Å²) in [6.45, 7) is 9.56. The number of hydrogen-bond donors (Lipinski definition) is 2. The molecule has 0 aromatic rings. The molecule has 2 N–H and O–H groups in total. The van der Waals surface area contributed by atoms with Gasteiger partial charge in [-0.15, -0.1) is 24.0 Å². The molecular formula is C16H32IN3O2. The fraction of sp³-hybridized carbons (Fsp3) is 0.938. The molecule has 22 heavy (non-hydrogen) atoms. The van der Waals surface area contributed by atoms with Gasteiger partial charge in [0.15, 0.2) is 5.96 Å². The van der Waals surface area contributed by atoms with Gasteiger partial charge in [-0.1, -0.05) is 13.3 Å². The van der Waals surface area contributed by atoms with Crippen LogP contribution in [0.1, 0.15) is 39.5 Å². The summed E-state index contributed by atoms with van der Waals surface area (Å²) in [6.07, 6.45) is 5.08. The lowest BCUT2D eigenvalue weighted by molar-refractivity contribution is -0.0945. The van der Waals surface area contributed by atoms with Crippen LogP contribution < -0.4 is 10.6 Å². The molecule has 2 fully saturated rings. The van der Waals surface area contributed by atoms with E-state index in [1.807, 2.05) is 0 Å². The number of rotatable bonds is 8. The minimum Gasteiger partial charge on any atom is -0.385 e. The van der Waals surface area contributed by atoms with Gasteiger partial charge in [0.25, 0.3) is 0 Å². The molecule has 0 unspecified atom stereocenters. The highest BCUT2D eigenvalue weighted by molar-refractivity contribution is 14.0. The van der Waals surface area contributed by atoms with Crippen molar-refractivity contribution in [2.75, 3.05) is 46.6 Å². The highest BCUT2D eigenvalue weighted by atomic mass is 127. The van der Waals surface area contributed by atoms with E-state index in [2.05, 4.69) is 24.5 Å². The van der Waals surface area contributed by atoms with E-state index >= 15 is 0 Å². The van der Waals surface area contributed by atoms with Crippen molar-refractivity contribution in [1.29, 1.82) is 0 Å². The summed E-state index contributed by atoms with van der Waals surface area (Å²) < 4.78 is 10.5. The zero-order valence-corrected chi connectivity index (χ0v) is 16.6. The zero-order chi connectivity index (χ0) is 15.2. The number of ether oxygens (including phenoxy) is 2. The van der Waals surface area contributed by atoms with Crippen LogP contribution in [0.5, 0.6) is 0 Å². The molecule has 0 aromatic heterocycles. The Morgan fingerprint density at radius 2 is 2.00 bits per heavy atom. The van der Waals surface area contributed by atoms with Crippen LogP contribution in [0.4, 0.5) is 0 Å². The summed E-state index contributed by atoms with van der Waals surface area (Å²) in [5.74, 6) is 0.939. The van der Waals surface area contributed by atoms with Crippen LogP contribution in [-0.2, 0) is 9.47 Å². The van der Waals surface area contributed by atoms with Crippen molar-refractivity contribution >= 4 is 29.9 Å². The molecule has 1 aliphatic carbocycles. The molecule has 2 aliphatic rings. The SMILES string of the molecule is CCNC(=NCC1(C)COC1)NCC1(CCOC)CCC1.I. The summed E-state index contributed by atoms with van der Waals surface area (Å²) in [5, 5.41) is 6.88. The lowest BCUT2D eigenvalue weighted by Crippen LogP contribution is -2.48. The third-order valence-electron chi connectivity index (χ3n) is 4.75. The third kappa shape index (κ3) is 5.53. The van der Waals surface area contributed by atoms with Crippen molar-refractivity contribution in [3.8, 4) is 0 Å². The van der Waals surface area contributed by atoms with Crippen LogP contribution in [0.15, 0.2) is 4.99 Å². The number of nitrogens with zero attached hydrogens (tertiary/aromatic N) is 1. The molecule has 0 aromatic carbocycles. The van der Waals surface area contributed by atoms with E-state index in [1.165, 1.54) is 19.3 Å².